The fraction of sp³-hybridized carbons (Fsp3) is 0.476. The number of nitrogens with zero attached hydrogens (tertiary/aromatic N) is 3. The van der Waals surface area contributed by atoms with Crippen LogP contribution in [0.5, 0.6) is 0 Å². The van der Waals surface area contributed by atoms with E-state index in [-0.39, 0.29) is 17.8 Å². The van der Waals surface area contributed by atoms with Gasteiger partial charge in [0.15, 0.2) is 0 Å². The molecule has 7 heteroatoms. The summed E-state index contributed by atoms with van der Waals surface area (Å²) < 4.78 is 13.7. The van der Waals surface area contributed by atoms with Gasteiger partial charge in [0.1, 0.15) is 23.3 Å². The maximum atomic E-state index is 13.7. The highest BCUT2D eigenvalue weighted by Gasteiger charge is 2.23. The molecule has 3 rings (SSSR count). The number of rotatable bonds is 5. The van der Waals surface area contributed by atoms with Crippen molar-refractivity contribution >= 4 is 17.5 Å². The molecule has 1 aromatic heterocycles. The zero-order chi connectivity index (χ0) is 20.3. The van der Waals surface area contributed by atoms with E-state index < -0.39 is 0 Å². The number of nitrogens with one attached hydrogen (secondary N) is 2. The summed E-state index contributed by atoms with van der Waals surface area (Å²) in [7, 11) is 3.92. The third-order valence-electron chi connectivity index (χ3n) is 5.13. The molecule has 0 bridgehead atoms. The third kappa shape index (κ3) is 4.97. The Morgan fingerprint density at radius 1 is 1.07 bits per heavy atom. The van der Waals surface area contributed by atoms with Gasteiger partial charge in [0.2, 0.25) is 0 Å². The van der Waals surface area contributed by atoms with E-state index >= 15 is 0 Å². The van der Waals surface area contributed by atoms with Crippen molar-refractivity contribution in [3.63, 3.8) is 0 Å². The van der Waals surface area contributed by atoms with Crippen molar-refractivity contribution in [3.05, 3.63) is 47.0 Å². The molecule has 2 aromatic rings. The lowest BCUT2D eigenvalue weighted by atomic mass is 9.91. The van der Waals surface area contributed by atoms with Crippen LogP contribution in [0, 0.1) is 19.7 Å². The van der Waals surface area contributed by atoms with Gasteiger partial charge in [-0.15, -0.1) is 0 Å². The van der Waals surface area contributed by atoms with E-state index in [1.165, 1.54) is 6.07 Å². The van der Waals surface area contributed by atoms with Crippen molar-refractivity contribution in [3.8, 4) is 0 Å². The molecule has 1 aliphatic rings. The summed E-state index contributed by atoms with van der Waals surface area (Å²) in [5, 5.41) is 6.53. The summed E-state index contributed by atoms with van der Waals surface area (Å²) in [5.74, 6) is 1.88. The Bertz CT molecular complexity index is 847. The highest BCUT2D eigenvalue weighted by Crippen LogP contribution is 2.23. The highest BCUT2D eigenvalue weighted by atomic mass is 19.1. The predicted molar refractivity (Wildman–Crippen MR) is 109 cm³/mol. The summed E-state index contributed by atoms with van der Waals surface area (Å²) in [6, 6.07) is 6.98. The smallest absolute Gasteiger partial charge is 0.251 e. The molecule has 2 N–H and O–H groups in total. The fourth-order valence-electron chi connectivity index (χ4n) is 3.45. The molecule has 0 atom stereocenters. The first-order chi connectivity index (χ1) is 13.3. The van der Waals surface area contributed by atoms with Crippen LogP contribution in [0.25, 0.3) is 0 Å². The molecule has 0 radical (unpaired) electrons. The molecule has 1 amide bonds. The van der Waals surface area contributed by atoms with Gasteiger partial charge in [-0.1, -0.05) is 6.07 Å². The molecular weight excluding hydrogens is 357 g/mol. The van der Waals surface area contributed by atoms with Gasteiger partial charge in [0, 0.05) is 37.8 Å². The van der Waals surface area contributed by atoms with Crippen LogP contribution in [-0.4, -0.2) is 42.1 Å². The number of benzene rings is 1. The molecular formula is C21H28FN5O. The average Bonchev–Trinajstić information content (AvgIpc) is 2.65. The molecule has 0 saturated heterocycles. The molecule has 6 nitrogen and oxygen atoms in total. The lowest BCUT2D eigenvalue weighted by Gasteiger charge is -2.30. The number of hydrogen-bond acceptors (Lipinski definition) is 5. The van der Waals surface area contributed by atoms with Gasteiger partial charge >= 0.3 is 0 Å². The molecule has 0 unspecified atom stereocenters. The number of halogens is 1. The molecule has 0 aliphatic heterocycles. The van der Waals surface area contributed by atoms with Crippen molar-refractivity contribution in [1.29, 1.82) is 0 Å². The number of anilines is 2. The van der Waals surface area contributed by atoms with E-state index in [1.54, 1.807) is 19.1 Å². The Balaban J connectivity index is 1.53. The zero-order valence-electron chi connectivity index (χ0n) is 16.9. The molecule has 1 saturated carbocycles. The first kappa shape index (κ1) is 20.0. The van der Waals surface area contributed by atoms with Gasteiger partial charge in [-0.05, 0) is 57.2 Å². The Morgan fingerprint density at radius 3 is 2.39 bits per heavy atom. The molecule has 1 aliphatic carbocycles. The second-order valence-corrected chi connectivity index (χ2v) is 7.68. The first-order valence-electron chi connectivity index (χ1n) is 9.68. The minimum Gasteiger partial charge on any atom is -0.367 e. The molecule has 1 heterocycles. The van der Waals surface area contributed by atoms with Crippen molar-refractivity contribution in [1.82, 2.24) is 15.3 Å². The van der Waals surface area contributed by atoms with Crippen LogP contribution in [-0.2, 0) is 0 Å². The van der Waals surface area contributed by atoms with Gasteiger partial charge in [0.05, 0.1) is 0 Å². The number of carbonyl (C=O) groups is 1. The van der Waals surface area contributed by atoms with Crippen molar-refractivity contribution in [2.75, 3.05) is 24.3 Å². The van der Waals surface area contributed by atoms with Crippen molar-refractivity contribution < 1.29 is 9.18 Å². The van der Waals surface area contributed by atoms with E-state index in [4.69, 9.17) is 0 Å². The van der Waals surface area contributed by atoms with Gasteiger partial charge in [-0.3, -0.25) is 4.79 Å². The van der Waals surface area contributed by atoms with Gasteiger partial charge in [0.25, 0.3) is 5.91 Å². The summed E-state index contributed by atoms with van der Waals surface area (Å²) in [6.07, 6.45) is 3.63. The Labute approximate surface area is 165 Å². The Hall–Kier alpha value is -2.70. The molecule has 0 spiro atoms. The number of carbonyl (C=O) groups excluding carboxylic acids is 1. The lowest BCUT2D eigenvalue weighted by molar-refractivity contribution is 0.0926. The first-order valence-corrected chi connectivity index (χ1v) is 9.68. The maximum absolute atomic E-state index is 13.7. The number of aryl methyl sites for hydroxylation is 2. The third-order valence-corrected chi connectivity index (χ3v) is 5.13. The molecule has 28 heavy (non-hydrogen) atoms. The minimum absolute atomic E-state index is 0.111. The maximum Gasteiger partial charge on any atom is 0.251 e. The second-order valence-electron chi connectivity index (χ2n) is 7.68. The van der Waals surface area contributed by atoms with E-state index in [1.807, 2.05) is 32.0 Å². The monoisotopic (exact) mass is 385 g/mol. The van der Waals surface area contributed by atoms with Gasteiger partial charge in [-0.2, -0.15) is 0 Å². The second kappa shape index (κ2) is 8.54. The standard InChI is InChI=1S/C21H28FN5O/c1-13-5-6-15(11-18(13)22)21(28)26-17-9-7-16(8-10-17)25-19-12-20(27(3)4)24-14(2)23-19/h5-6,11-12,16-17H,7-10H2,1-4H3,(H,26,28)(H,23,24,25)/t16-,17+. The summed E-state index contributed by atoms with van der Waals surface area (Å²) in [6.45, 7) is 3.57. The largest absolute Gasteiger partial charge is 0.367 e. The van der Waals surface area contributed by atoms with Gasteiger partial charge in [-0.25, -0.2) is 14.4 Å². The molecule has 1 aromatic carbocycles. The zero-order valence-corrected chi connectivity index (χ0v) is 16.9. The normalized spacial score (nSPS) is 19.2. The van der Waals surface area contributed by atoms with Crippen LogP contribution in [0.1, 0.15) is 47.4 Å². The minimum atomic E-state index is -0.349. The molecule has 150 valence electrons. The van der Waals surface area contributed by atoms with Crippen LogP contribution in [0.3, 0.4) is 0 Å². The van der Waals surface area contributed by atoms with E-state index in [0.717, 1.165) is 43.1 Å². The van der Waals surface area contributed by atoms with E-state index in [2.05, 4.69) is 20.6 Å². The topological polar surface area (TPSA) is 70.2 Å². The van der Waals surface area contributed by atoms with Crippen LogP contribution in [0.4, 0.5) is 16.0 Å². The van der Waals surface area contributed by atoms with Crippen molar-refractivity contribution in [2.45, 2.75) is 51.6 Å². The predicted octanol–water partition coefficient (Wildman–Crippen LogP) is 3.45. The lowest BCUT2D eigenvalue weighted by Crippen LogP contribution is -2.40. The summed E-state index contributed by atoms with van der Waals surface area (Å²) >= 11 is 0. The van der Waals surface area contributed by atoms with Gasteiger partial charge < -0.3 is 15.5 Å². The number of hydrogen-bond donors (Lipinski definition) is 2. The summed E-state index contributed by atoms with van der Waals surface area (Å²) in [4.78, 5) is 23.2. The Kier molecular flexibility index (Phi) is 6.11. The highest BCUT2D eigenvalue weighted by molar-refractivity contribution is 5.94. The number of aromatic nitrogens is 2. The quantitative estimate of drug-likeness (QED) is 0.825. The van der Waals surface area contributed by atoms with Crippen LogP contribution >= 0.6 is 0 Å². The van der Waals surface area contributed by atoms with Crippen LogP contribution < -0.4 is 15.5 Å². The van der Waals surface area contributed by atoms with E-state index in [0.29, 0.717) is 17.2 Å². The van der Waals surface area contributed by atoms with Crippen LogP contribution in [0.15, 0.2) is 24.3 Å². The number of amides is 1. The fourth-order valence-corrected chi connectivity index (χ4v) is 3.45. The average molecular weight is 385 g/mol. The Morgan fingerprint density at radius 2 is 1.75 bits per heavy atom. The van der Waals surface area contributed by atoms with E-state index in [9.17, 15) is 9.18 Å². The summed E-state index contributed by atoms with van der Waals surface area (Å²) in [5.41, 5.74) is 0.913. The molecule has 1 fully saturated rings. The SMILES string of the molecule is Cc1nc(N[C@H]2CC[C@@H](NC(=O)c3ccc(C)c(F)c3)CC2)cc(N(C)C)n1. The van der Waals surface area contributed by atoms with Crippen LogP contribution in [0.2, 0.25) is 0 Å². The van der Waals surface area contributed by atoms with Crippen molar-refractivity contribution in [2.24, 2.45) is 0 Å².